The topological polar surface area (TPSA) is 46.5 Å². The molecule has 0 amide bonds. The van der Waals surface area contributed by atoms with Crippen LogP contribution in [-0.2, 0) is 0 Å². The van der Waals surface area contributed by atoms with Gasteiger partial charge in [-0.2, -0.15) is 0 Å². The number of hydrogen-bond acceptors (Lipinski definition) is 2. The maximum atomic E-state index is 13.1. The number of carboxylic acids is 1. The smallest absolute Gasteiger partial charge is 0.478 e. The van der Waals surface area contributed by atoms with Gasteiger partial charge in [-0.15, -0.1) is 13.2 Å². The van der Waals surface area contributed by atoms with E-state index in [1.165, 1.54) is 18.2 Å². The van der Waals surface area contributed by atoms with E-state index < -0.39 is 23.9 Å². The molecule has 0 aliphatic rings. The summed E-state index contributed by atoms with van der Waals surface area (Å²) in [7, 11) is 0. The standard InChI is InChI=1S/C14H8F4O3/c15-9-4-5-11(12(7-9)13(19)20)8-2-1-3-10(6-8)21-14(16,17)18/h1-7H,(H,19,20). The Morgan fingerprint density at radius 2 is 1.81 bits per heavy atom. The van der Waals surface area contributed by atoms with Gasteiger partial charge >= 0.3 is 12.3 Å². The molecule has 0 fully saturated rings. The van der Waals surface area contributed by atoms with Crippen molar-refractivity contribution in [2.45, 2.75) is 6.36 Å². The Morgan fingerprint density at radius 3 is 2.43 bits per heavy atom. The third-order valence-corrected chi connectivity index (χ3v) is 2.59. The molecule has 2 aromatic carbocycles. The summed E-state index contributed by atoms with van der Waals surface area (Å²) < 4.78 is 53.4. The summed E-state index contributed by atoms with van der Waals surface area (Å²) in [6.45, 7) is 0. The van der Waals surface area contributed by atoms with Gasteiger partial charge < -0.3 is 9.84 Å². The van der Waals surface area contributed by atoms with Crippen LogP contribution in [0.4, 0.5) is 17.6 Å². The summed E-state index contributed by atoms with van der Waals surface area (Å²) in [5.74, 6) is -2.62. The second kappa shape index (κ2) is 5.43. The largest absolute Gasteiger partial charge is 0.573 e. The molecule has 21 heavy (non-hydrogen) atoms. The van der Waals surface area contributed by atoms with Crippen LogP contribution < -0.4 is 4.74 Å². The lowest BCUT2D eigenvalue weighted by molar-refractivity contribution is -0.274. The predicted molar refractivity (Wildman–Crippen MR) is 65.5 cm³/mol. The zero-order valence-corrected chi connectivity index (χ0v) is 10.3. The van der Waals surface area contributed by atoms with E-state index in [0.29, 0.717) is 0 Å². The van der Waals surface area contributed by atoms with Crippen molar-refractivity contribution < 1.29 is 32.2 Å². The van der Waals surface area contributed by atoms with E-state index in [0.717, 1.165) is 24.3 Å². The summed E-state index contributed by atoms with van der Waals surface area (Å²) in [6.07, 6.45) is -4.85. The van der Waals surface area contributed by atoms with Gasteiger partial charge in [-0.25, -0.2) is 9.18 Å². The molecule has 2 rings (SSSR count). The lowest BCUT2D eigenvalue weighted by atomic mass is 9.99. The van der Waals surface area contributed by atoms with Crippen LogP contribution in [0.5, 0.6) is 5.75 Å². The number of carboxylic acid groups (broad SMARTS) is 1. The SMILES string of the molecule is O=C(O)c1cc(F)ccc1-c1cccc(OC(F)(F)F)c1. The minimum Gasteiger partial charge on any atom is -0.478 e. The fourth-order valence-electron chi connectivity index (χ4n) is 1.81. The fraction of sp³-hybridized carbons (Fsp3) is 0.0714. The van der Waals surface area contributed by atoms with Gasteiger partial charge in [0.05, 0.1) is 5.56 Å². The monoisotopic (exact) mass is 300 g/mol. The summed E-state index contributed by atoms with van der Waals surface area (Å²) in [5, 5.41) is 9.03. The number of hydrogen-bond donors (Lipinski definition) is 1. The molecule has 0 aliphatic carbocycles. The highest BCUT2D eigenvalue weighted by molar-refractivity contribution is 5.96. The molecule has 0 aliphatic heterocycles. The van der Waals surface area contributed by atoms with Crippen LogP contribution in [0, 0.1) is 5.82 Å². The van der Waals surface area contributed by atoms with Gasteiger partial charge in [0.1, 0.15) is 11.6 Å². The maximum absolute atomic E-state index is 13.1. The highest BCUT2D eigenvalue weighted by atomic mass is 19.4. The Labute approximate surface area is 116 Å². The molecule has 110 valence electrons. The third-order valence-electron chi connectivity index (χ3n) is 2.59. The van der Waals surface area contributed by atoms with Gasteiger partial charge in [-0.1, -0.05) is 18.2 Å². The molecule has 0 bridgehead atoms. The fourth-order valence-corrected chi connectivity index (χ4v) is 1.81. The van der Waals surface area contributed by atoms with Crippen molar-refractivity contribution in [3.05, 3.63) is 53.8 Å². The normalized spacial score (nSPS) is 11.2. The average molecular weight is 300 g/mol. The van der Waals surface area contributed by atoms with Crippen molar-refractivity contribution in [1.29, 1.82) is 0 Å². The first-order chi connectivity index (χ1) is 9.76. The zero-order chi connectivity index (χ0) is 15.6. The van der Waals surface area contributed by atoms with Crippen LogP contribution in [0.1, 0.15) is 10.4 Å². The Hall–Kier alpha value is -2.57. The minimum absolute atomic E-state index is 0.0940. The molecule has 0 spiro atoms. The van der Waals surface area contributed by atoms with E-state index in [2.05, 4.69) is 4.74 Å². The molecule has 0 heterocycles. The third kappa shape index (κ3) is 3.71. The first-order valence-corrected chi connectivity index (χ1v) is 5.65. The number of aromatic carboxylic acids is 1. The van der Waals surface area contributed by atoms with Crippen molar-refractivity contribution in [3.8, 4) is 16.9 Å². The lowest BCUT2D eigenvalue weighted by Gasteiger charge is -2.11. The Balaban J connectivity index is 2.48. The van der Waals surface area contributed by atoms with Gasteiger partial charge in [-0.3, -0.25) is 0 Å². The lowest BCUT2D eigenvalue weighted by Crippen LogP contribution is -2.17. The summed E-state index contributed by atoms with van der Waals surface area (Å²) in [5.41, 5.74) is -0.0789. The van der Waals surface area contributed by atoms with Crippen LogP contribution in [0.3, 0.4) is 0 Å². The van der Waals surface area contributed by atoms with Crippen LogP contribution in [0.25, 0.3) is 11.1 Å². The molecule has 0 radical (unpaired) electrons. The van der Waals surface area contributed by atoms with E-state index in [1.54, 1.807) is 0 Å². The van der Waals surface area contributed by atoms with Crippen molar-refractivity contribution in [2.75, 3.05) is 0 Å². The number of halogens is 4. The van der Waals surface area contributed by atoms with E-state index in [4.69, 9.17) is 5.11 Å². The maximum Gasteiger partial charge on any atom is 0.573 e. The summed E-state index contributed by atoms with van der Waals surface area (Å²) in [6, 6.07) is 7.82. The second-order valence-corrected chi connectivity index (χ2v) is 4.07. The van der Waals surface area contributed by atoms with Crippen LogP contribution >= 0.6 is 0 Å². The van der Waals surface area contributed by atoms with Crippen LogP contribution in [0.2, 0.25) is 0 Å². The molecule has 1 N–H and O–H groups in total. The first-order valence-electron chi connectivity index (χ1n) is 5.65. The molecule has 0 unspecified atom stereocenters. The number of carbonyl (C=O) groups is 1. The van der Waals surface area contributed by atoms with Crippen molar-refractivity contribution >= 4 is 5.97 Å². The highest BCUT2D eigenvalue weighted by Gasteiger charge is 2.31. The van der Waals surface area contributed by atoms with Gasteiger partial charge in [0, 0.05) is 0 Å². The molecule has 2 aromatic rings. The minimum atomic E-state index is -4.85. The average Bonchev–Trinajstić information content (AvgIpc) is 2.36. The first kappa shape index (κ1) is 14.8. The molecular formula is C14H8F4O3. The van der Waals surface area contributed by atoms with Crippen molar-refractivity contribution in [3.63, 3.8) is 0 Å². The van der Waals surface area contributed by atoms with Gasteiger partial charge in [0.15, 0.2) is 0 Å². The number of alkyl halides is 3. The van der Waals surface area contributed by atoms with E-state index in [-0.39, 0.29) is 16.7 Å². The quantitative estimate of drug-likeness (QED) is 0.868. The van der Waals surface area contributed by atoms with E-state index in [1.807, 2.05) is 0 Å². The van der Waals surface area contributed by atoms with E-state index >= 15 is 0 Å². The van der Waals surface area contributed by atoms with Crippen LogP contribution in [-0.4, -0.2) is 17.4 Å². The molecule has 3 nitrogen and oxygen atoms in total. The summed E-state index contributed by atoms with van der Waals surface area (Å²) >= 11 is 0. The zero-order valence-electron chi connectivity index (χ0n) is 10.3. The number of ether oxygens (including phenoxy) is 1. The molecule has 0 saturated heterocycles. The van der Waals surface area contributed by atoms with Crippen molar-refractivity contribution in [1.82, 2.24) is 0 Å². The van der Waals surface area contributed by atoms with Gasteiger partial charge in [0.25, 0.3) is 0 Å². The molecular weight excluding hydrogens is 292 g/mol. The highest BCUT2D eigenvalue weighted by Crippen LogP contribution is 2.30. The van der Waals surface area contributed by atoms with Crippen LogP contribution in [0.15, 0.2) is 42.5 Å². The van der Waals surface area contributed by atoms with E-state index in [9.17, 15) is 22.4 Å². The van der Waals surface area contributed by atoms with Gasteiger partial charge in [-0.05, 0) is 35.4 Å². The molecule has 0 atom stereocenters. The predicted octanol–water partition coefficient (Wildman–Crippen LogP) is 4.09. The Kier molecular flexibility index (Phi) is 3.84. The molecule has 0 aromatic heterocycles. The molecule has 7 heteroatoms. The number of benzene rings is 2. The Bertz CT molecular complexity index is 680. The summed E-state index contributed by atoms with van der Waals surface area (Å²) in [4.78, 5) is 11.1. The Morgan fingerprint density at radius 1 is 1.10 bits per heavy atom. The number of rotatable bonds is 3. The van der Waals surface area contributed by atoms with Crippen molar-refractivity contribution in [2.24, 2.45) is 0 Å². The second-order valence-electron chi connectivity index (χ2n) is 4.07. The van der Waals surface area contributed by atoms with Gasteiger partial charge in [0.2, 0.25) is 0 Å². The molecule has 0 saturated carbocycles.